The predicted octanol–water partition coefficient (Wildman–Crippen LogP) is 3.85. The molecule has 4 fully saturated rings. The summed E-state index contributed by atoms with van der Waals surface area (Å²) in [6, 6.07) is 6.72. The quantitative estimate of drug-likeness (QED) is 0.847. The van der Waals surface area contributed by atoms with Gasteiger partial charge in [-0.05, 0) is 86.8 Å². The molecule has 2 amide bonds. The SMILES string of the molecule is Cc1cccc(C2CC3(CCN(C(=O)[C@H]4C[C@]5(CCC(=O)N5)C4)CC3)C2)c1C. The summed E-state index contributed by atoms with van der Waals surface area (Å²) in [6.07, 6.45) is 8.16. The van der Waals surface area contributed by atoms with Crippen molar-refractivity contribution in [3.8, 4) is 0 Å². The second kappa shape index (κ2) is 6.33. The van der Waals surface area contributed by atoms with Gasteiger partial charge in [-0.15, -0.1) is 0 Å². The Bertz CT molecular complexity index is 808. The van der Waals surface area contributed by atoms with Crippen molar-refractivity contribution in [2.75, 3.05) is 13.1 Å². The van der Waals surface area contributed by atoms with Crippen molar-refractivity contribution in [2.45, 2.75) is 76.7 Å². The van der Waals surface area contributed by atoms with Crippen molar-refractivity contribution < 1.29 is 9.59 Å². The third kappa shape index (κ3) is 2.87. The number of carbonyl (C=O) groups is 2. The molecule has 2 spiro atoms. The number of piperidine rings is 1. The first-order chi connectivity index (χ1) is 13.4. The van der Waals surface area contributed by atoms with Gasteiger partial charge >= 0.3 is 0 Å². The Morgan fingerprint density at radius 1 is 1.07 bits per heavy atom. The maximum absolute atomic E-state index is 12.9. The van der Waals surface area contributed by atoms with Gasteiger partial charge in [0.2, 0.25) is 11.8 Å². The van der Waals surface area contributed by atoms with Crippen LogP contribution in [0, 0.1) is 25.2 Å². The van der Waals surface area contributed by atoms with Crippen LogP contribution in [-0.4, -0.2) is 35.3 Å². The van der Waals surface area contributed by atoms with Gasteiger partial charge in [-0.25, -0.2) is 0 Å². The number of nitrogens with one attached hydrogen (secondary N) is 1. The van der Waals surface area contributed by atoms with Crippen molar-refractivity contribution in [1.82, 2.24) is 10.2 Å². The Morgan fingerprint density at radius 3 is 2.43 bits per heavy atom. The van der Waals surface area contributed by atoms with E-state index in [1.807, 2.05) is 0 Å². The van der Waals surface area contributed by atoms with Crippen molar-refractivity contribution >= 4 is 11.8 Å². The molecule has 1 aromatic rings. The van der Waals surface area contributed by atoms with Crippen molar-refractivity contribution in [3.05, 3.63) is 34.9 Å². The number of aryl methyl sites for hydroxylation is 1. The standard InChI is InChI=1S/C24H32N2O2/c1-16-4-3-5-20(17(16)2)18-12-23(13-18)8-10-26(11-9-23)22(28)19-14-24(15-19)7-6-21(27)25-24/h3-5,18-19H,6-15H2,1-2H3,(H,25,27)/t19-,24+. The molecule has 4 heteroatoms. The number of amides is 2. The van der Waals surface area contributed by atoms with Gasteiger partial charge in [0.1, 0.15) is 0 Å². The second-order valence-electron chi connectivity index (χ2n) is 10.2. The van der Waals surface area contributed by atoms with Crippen LogP contribution in [0.2, 0.25) is 0 Å². The van der Waals surface area contributed by atoms with Crippen molar-refractivity contribution in [1.29, 1.82) is 0 Å². The van der Waals surface area contributed by atoms with Gasteiger partial charge in [-0.1, -0.05) is 18.2 Å². The summed E-state index contributed by atoms with van der Waals surface area (Å²) in [5.41, 5.74) is 4.84. The number of likely N-dealkylation sites (tertiary alicyclic amines) is 1. The lowest BCUT2D eigenvalue weighted by Gasteiger charge is -2.54. The topological polar surface area (TPSA) is 49.4 Å². The Balaban J connectivity index is 1.13. The van der Waals surface area contributed by atoms with E-state index in [2.05, 4.69) is 42.3 Å². The molecule has 28 heavy (non-hydrogen) atoms. The van der Waals surface area contributed by atoms with E-state index >= 15 is 0 Å². The summed E-state index contributed by atoms with van der Waals surface area (Å²) in [6.45, 7) is 6.32. The van der Waals surface area contributed by atoms with Crippen LogP contribution in [0.3, 0.4) is 0 Å². The molecule has 4 nitrogen and oxygen atoms in total. The molecule has 2 saturated heterocycles. The third-order valence-corrected chi connectivity index (χ3v) is 8.44. The molecule has 1 aromatic carbocycles. The first kappa shape index (κ1) is 18.2. The Labute approximate surface area is 168 Å². The normalized spacial score (nSPS) is 28.1. The molecule has 5 rings (SSSR count). The lowest BCUT2D eigenvalue weighted by atomic mass is 9.55. The summed E-state index contributed by atoms with van der Waals surface area (Å²) >= 11 is 0. The largest absolute Gasteiger partial charge is 0.351 e. The van der Waals surface area contributed by atoms with Crippen molar-refractivity contribution in [2.24, 2.45) is 11.3 Å². The maximum atomic E-state index is 12.9. The highest BCUT2D eigenvalue weighted by atomic mass is 16.2. The highest BCUT2D eigenvalue weighted by Gasteiger charge is 2.53. The molecule has 4 aliphatic rings. The molecular weight excluding hydrogens is 348 g/mol. The lowest BCUT2D eigenvalue weighted by molar-refractivity contribution is -0.145. The third-order valence-electron chi connectivity index (χ3n) is 8.44. The average molecular weight is 381 g/mol. The van der Waals surface area contributed by atoms with Gasteiger partial charge in [-0.2, -0.15) is 0 Å². The van der Waals surface area contributed by atoms with Gasteiger partial charge in [0.25, 0.3) is 0 Å². The Hall–Kier alpha value is -1.84. The van der Waals surface area contributed by atoms with Gasteiger partial charge in [0.05, 0.1) is 0 Å². The summed E-state index contributed by atoms with van der Waals surface area (Å²) in [5, 5.41) is 3.11. The van der Waals surface area contributed by atoms with E-state index in [4.69, 9.17) is 0 Å². The highest BCUT2D eigenvalue weighted by Crippen LogP contribution is 2.57. The lowest BCUT2D eigenvalue weighted by Crippen LogP contribution is -2.58. The van der Waals surface area contributed by atoms with Crippen molar-refractivity contribution in [3.63, 3.8) is 0 Å². The Kier molecular flexibility index (Phi) is 4.12. The zero-order chi connectivity index (χ0) is 19.5. The molecule has 0 atom stereocenters. The van der Waals surface area contributed by atoms with Crippen LogP contribution < -0.4 is 5.32 Å². The molecular formula is C24H32N2O2. The van der Waals surface area contributed by atoms with E-state index in [1.165, 1.54) is 24.0 Å². The van der Waals surface area contributed by atoms with Gasteiger partial charge in [-0.3, -0.25) is 9.59 Å². The molecule has 0 bridgehead atoms. The number of rotatable bonds is 2. The summed E-state index contributed by atoms with van der Waals surface area (Å²) in [5.74, 6) is 1.34. The molecule has 0 unspecified atom stereocenters. The van der Waals surface area contributed by atoms with E-state index in [-0.39, 0.29) is 17.4 Å². The fourth-order valence-corrected chi connectivity index (χ4v) is 6.43. The van der Waals surface area contributed by atoms with E-state index in [0.29, 0.717) is 23.7 Å². The minimum Gasteiger partial charge on any atom is -0.351 e. The highest BCUT2D eigenvalue weighted by molar-refractivity contribution is 5.83. The number of hydrogen-bond acceptors (Lipinski definition) is 2. The van der Waals surface area contributed by atoms with Crippen LogP contribution in [0.1, 0.15) is 74.0 Å². The molecule has 2 heterocycles. The smallest absolute Gasteiger partial charge is 0.225 e. The molecule has 150 valence electrons. The number of benzene rings is 1. The van der Waals surface area contributed by atoms with Crippen LogP contribution in [0.15, 0.2) is 18.2 Å². The van der Waals surface area contributed by atoms with E-state index < -0.39 is 0 Å². The van der Waals surface area contributed by atoms with Crippen LogP contribution in [-0.2, 0) is 9.59 Å². The molecule has 2 saturated carbocycles. The molecule has 0 aromatic heterocycles. The maximum Gasteiger partial charge on any atom is 0.225 e. The molecule has 2 aliphatic carbocycles. The zero-order valence-corrected chi connectivity index (χ0v) is 17.2. The van der Waals surface area contributed by atoms with Crippen LogP contribution in [0.5, 0.6) is 0 Å². The summed E-state index contributed by atoms with van der Waals surface area (Å²) in [4.78, 5) is 26.5. The van der Waals surface area contributed by atoms with Crippen LogP contribution in [0.4, 0.5) is 0 Å². The first-order valence-corrected chi connectivity index (χ1v) is 11.0. The summed E-state index contributed by atoms with van der Waals surface area (Å²) in [7, 11) is 0. The minimum absolute atomic E-state index is 0.0404. The van der Waals surface area contributed by atoms with Crippen LogP contribution in [0.25, 0.3) is 0 Å². The van der Waals surface area contributed by atoms with E-state index in [9.17, 15) is 9.59 Å². The predicted molar refractivity (Wildman–Crippen MR) is 109 cm³/mol. The monoisotopic (exact) mass is 380 g/mol. The average Bonchev–Trinajstić information content (AvgIpc) is 3.03. The number of carbonyl (C=O) groups excluding carboxylic acids is 2. The molecule has 0 radical (unpaired) electrons. The van der Waals surface area contributed by atoms with Gasteiger partial charge in [0, 0.05) is 31.0 Å². The Morgan fingerprint density at radius 2 is 1.79 bits per heavy atom. The zero-order valence-electron chi connectivity index (χ0n) is 17.2. The number of hydrogen-bond donors (Lipinski definition) is 1. The molecule has 2 aliphatic heterocycles. The summed E-state index contributed by atoms with van der Waals surface area (Å²) < 4.78 is 0. The second-order valence-corrected chi connectivity index (χ2v) is 10.2. The number of nitrogens with zero attached hydrogens (tertiary/aromatic N) is 1. The van der Waals surface area contributed by atoms with Crippen LogP contribution >= 0.6 is 0 Å². The minimum atomic E-state index is -0.0404. The fourth-order valence-electron chi connectivity index (χ4n) is 6.43. The van der Waals surface area contributed by atoms with E-state index in [0.717, 1.165) is 45.2 Å². The van der Waals surface area contributed by atoms with E-state index in [1.54, 1.807) is 5.56 Å². The first-order valence-electron chi connectivity index (χ1n) is 11.0. The van der Waals surface area contributed by atoms with Gasteiger partial charge < -0.3 is 10.2 Å². The fraction of sp³-hybridized carbons (Fsp3) is 0.667. The van der Waals surface area contributed by atoms with Gasteiger partial charge in [0.15, 0.2) is 0 Å². The molecule has 1 N–H and O–H groups in total.